The minimum atomic E-state index is -0.656. The maximum absolute atomic E-state index is 13.4. The Morgan fingerprint density at radius 3 is 2.40 bits per heavy atom. The van der Waals surface area contributed by atoms with E-state index in [1.165, 1.54) is 49.1 Å². The number of aliphatic hydroxyl groups is 1. The van der Waals surface area contributed by atoms with E-state index in [0.717, 1.165) is 43.5 Å². The molecule has 0 atom stereocenters. The SMILES string of the molecule is CC(C)(CO)NC(=O)C1CCC(n2c(NC(=O)c3ccc(F)cc3)nc3ccc(CN4CCCCC4)cc32)CC1. The van der Waals surface area contributed by atoms with E-state index in [9.17, 15) is 19.1 Å². The molecule has 1 saturated carbocycles. The fraction of sp³-hybridized carbons (Fsp3) is 0.516. The average Bonchev–Trinajstić information content (AvgIpc) is 3.30. The molecule has 8 nitrogen and oxygen atoms in total. The van der Waals surface area contributed by atoms with E-state index in [1.807, 2.05) is 19.9 Å². The van der Waals surface area contributed by atoms with Gasteiger partial charge in [-0.05, 0) is 107 Å². The maximum atomic E-state index is 13.4. The molecule has 1 aliphatic heterocycles. The van der Waals surface area contributed by atoms with Crippen molar-refractivity contribution in [3.63, 3.8) is 0 Å². The number of nitrogens with one attached hydrogen (secondary N) is 2. The van der Waals surface area contributed by atoms with Crippen molar-refractivity contribution in [1.29, 1.82) is 0 Å². The van der Waals surface area contributed by atoms with Crippen molar-refractivity contribution in [2.24, 2.45) is 5.92 Å². The Morgan fingerprint density at radius 1 is 1.02 bits per heavy atom. The number of amides is 2. The Hall–Kier alpha value is -3.30. The summed E-state index contributed by atoms with van der Waals surface area (Å²) in [4.78, 5) is 33.3. The highest BCUT2D eigenvalue weighted by Gasteiger charge is 2.32. The number of aliphatic hydroxyl groups excluding tert-OH is 1. The Labute approximate surface area is 235 Å². The number of anilines is 1. The number of likely N-dealkylation sites (tertiary alicyclic amines) is 1. The van der Waals surface area contributed by atoms with Gasteiger partial charge in [-0.15, -0.1) is 0 Å². The van der Waals surface area contributed by atoms with Crippen LogP contribution in [0.15, 0.2) is 42.5 Å². The van der Waals surface area contributed by atoms with Gasteiger partial charge in [0.25, 0.3) is 5.91 Å². The average molecular weight is 550 g/mol. The third-order valence-corrected chi connectivity index (χ3v) is 8.23. The molecule has 0 bridgehead atoms. The Balaban J connectivity index is 1.41. The van der Waals surface area contributed by atoms with Gasteiger partial charge in [0.05, 0.1) is 23.2 Å². The van der Waals surface area contributed by atoms with Crippen LogP contribution in [0.3, 0.4) is 0 Å². The van der Waals surface area contributed by atoms with Crippen LogP contribution in [0.25, 0.3) is 11.0 Å². The molecule has 2 aliphatic rings. The Kier molecular flexibility index (Phi) is 8.51. The van der Waals surface area contributed by atoms with Crippen molar-refractivity contribution in [3.05, 3.63) is 59.4 Å². The largest absolute Gasteiger partial charge is 0.394 e. The van der Waals surface area contributed by atoms with Gasteiger partial charge in [0.1, 0.15) is 5.82 Å². The van der Waals surface area contributed by atoms with E-state index in [4.69, 9.17) is 4.98 Å². The lowest BCUT2D eigenvalue weighted by molar-refractivity contribution is -0.128. The molecule has 40 heavy (non-hydrogen) atoms. The van der Waals surface area contributed by atoms with Crippen LogP contribution >= 0.6 is 0 Å². The van der Waals surface area contributed by atoms with Crippen molar-refractivity contribution in [2.75, 3.05) is 25.0 Å². The van der Waals surface area contributed by atoms with E-state index in [-0.39, 0.29) is 30.4 Å². The van der Waals surface area contributed by atoms with Crippen LogP contribution in [-0.4, -0.2) is 56.6 Å². The second-order valence-corrected chi connectivity index (χ2v) is 12.0. The van der Waals surface area contributed by atoms with Gasteiger partial charge in [-0.25, -0.2) is 9.37 Å². The van der Waals surface area contributed by atoms with Crippen molar-refractivity contribution < 1.29 is 19.1 Å². The predicted molar refractivity (Wildman–Crippen MR) is 154 cm³/mol. The number of benzene rings is 2. The summed E-state index contributed by atoms with van der Waals surface area (Å²) >= 11 is 0. The van der Waals surface area contributed by atoms with E-state index in [2.05, 4.69) is 32.2 Å². The van der Waals surface area contributed by atoms with Crippen LogP contribution < -0.4 is 10.6 Å². The van der Waals surface area contributed by atoms with Crippen LogP contribution in [0.1, 0.15) is 80.8 Å². The number of hydrogen-bond donors (Lipinski definition) is 3. The van der Waals surface area contributed by atoms with Crippen molar-refractivity contribution in [3.8, 4) is 0 Å². The molecule has 9 heteroatoms. The predicted octanol–water partition coefficient (Wildman–Crippen LogP) is 5.03. The minimum absolute atomic E-state index is 0.0263. The van der Waals surface area contributed by atoms with Gasteiger partial charge in [-0.1, -0.05) is 12.5 Å². The molecule has 2 aromatic carbocycles. The molecule has 1 aliphatic carbocycles. The monoisotopic (exact) mass is 549 g/mol. The standard InChI is InChI=1S/C31H40FN5O3/c1-31(2,20-38)35-29(40)23-9-13-25(14-10-23)37-27-18-21(19-36-16-4-3-5-17-36)6-15-26(27)33-30(37)34-28(39)22-7-11-24(32)12-8-22/h6-8,11-12,15,18,23,25,38H,3-5,9-10,13-14,16-17,19-20H2,1-2H3,(H,35,40)(H,33,34,39). The van der Waals surface area contributed by atoms with Gasteiger partial charge >= 0.3 is 0 Å². The van der Waals surface area contributed by atoms with Gasteiger partial charge in [0.15, 0.2) is 0 Å². The fourth-order valence-corrected chi connectivity index (χ4v) is 5.92. The highest BCUT2D eigenvalue weighted by Crippen LogP contribution is 2.37. The molecule has 0 spiro atoms. The summed E-state index contributed by atoms with van der Waals surface area (Å²) < 4.78 is 15.6. The van der Waals surface area contributed by atoms with Gasteiger partial charge in [-0.3, -0.25) is 19.8 Å². The van der Waals surface area contributed by atoms with Crippen LogP contribution in [0.5, 0.6) is 0 Å². The van der Waals surface area contributed by atoms with Gasteiger partial charge in [0.2, 0.25) is 11.9 Å². The normalized spacial score (nSPS) is 20.4. The first-order chi connectivity index (χ1) is 19.2. The minimum Gasteiger partial charge on any atom is -0.394 e. The third kappa shape index (κ3) is 6.53. The summed E-state index contributed by atoms with van der Waals surface area (Å²) in [5.41, 5.74) is 2.69. The topological polar surface area (TPSA) is 99.5 Å². The fourth-order valence-electron chi connectivity index (χ4n) is 5.92. The number of rotatable bonds is 8. The first-order valence-corrected chi connectivity index (χ1v) is 14.5. The molecule has 1 saturated heterocycles. The van der Waals surface area contributed by atoms with Crippen LogP contribution in [0, 0.1) is 11.7 Å². The molecule has 2 amide bonds. The number of fused-ring (bicyclic) bond motifs is 1. The summed E-state index contributed by atoms with van der Waals surface area (Å²) in [7, 11) is 0. The second-order valence-electron chi connectivity index (χ2n) is 12.0. The first kappa shape index (κ1) is 28.2. The summed E-state index contributed by atoms with van der Waals surface area (Å²) in [5.74, 6) is -0.420. The first-order valence-electron chi connectivity index (χ1n) is 14.5. The number of imidazole rings is 1. The number of piperidine rings is 1. The lowest BCUT2D eigenvalue weighted by Crippen LogP contribution is -2.49. The van der Waals surface area contributed by atoms with Crippen molar-refractivity contribution in [2.45, 2.75) is 76.9 Å². The van der Waals surface area contributed by atoms with E-state index in [0.29, 0.717) is 24.4 Å². The molecule has 214 valence electrons. The smallest absolute Gasteiger partial charge is 0.257 e. The number of aromatic nitrogens is 2. The molecule has 0 radical (unpaired) electrons. The highest BCUT2D eigenvalue weighted by molar-refractivity contribution is 6.04. The van der Waals surface area contributed by atoms with Gasteiger partial charge in [0, 0.05) is 24.1 Å². The lowest BCUT2D eigenvalue weighted by atomic mass is 9.84. The summed E-state index contributed by atoms with van der Waals surface area (Å²) in [6.07, 6.45) is 6.68. The van der Waals surface area contributed by atoms with E-state index in [1.54, 1.807) is 0 Å². The molecule has 3 N–H and O–H groups in total. The number of carbonyl (C=O) groups excluding carboxylic acids is 2. The van der Waals surface area contributed by atoms with Gasteiger partial charge < -0.3 is 15.0 Å². The maximum Gasteiger partial charge on any atom is 0.257 e. The molecule has 2 fully saturated rings. The molecule has 0 unspecified atom stereocenters. The molecular weight excluding hydrogens is 509 g/mol. The second kappa shape index (κ2) is 12.1. The summed E-state index contributed by atoms with van der Waals surface area (Å²) in [6, 6.07) is 11.9. The number of hydrogen-bond acceptors (Lipinski definition) is 5. The Morgan fingerprint density at radius 2 is 1.73 bits per heavy atom. The zero-order valence-electron chi connectivity index (χ0n) is 23.5. The summed E-state index contributed by atoms with van der Waals surface area (Å²) in [6.45, 7) is 6.60. The van der Waals surface area contributed by atoms with Crippen molar-refractivity contribution >= 4 is 28.8 Å². The van der Waals surface area contributed by atoms with Crippen molar-refractivity contribution in [1.82, 2.24) is 19.8 Å². The van der Waals surface area contributed by atoms with Crippen LogP contribution in [0.4, 0.5) is 10.3 Å². The third-order valence-electron chi connectivity index (χ3n) is 8.23. The molecule has 2 heterocycles. The van der Waals surface area contributed by atoms with E-state index >= 15 is 0 Å². The molecule has 5 rings (SSSR count). The summed E-state index contributed by atoms with van der Waals surface area (Å²) in [5, 5.41) is 15.5. The van der Waals surface area contributed by atoms with E-state index < -0.39 is 11.4 Å². The Bertz CT molecular complexity index is 1340. The van der Waals surface area contributed by atoms with Crippen LogP contribution in [0.2, 0.25) is 0 Å². The molecular formula is C31H40FN5O3. The zero-order valence-corrected chi connectivity index (χ0v) is 23.5. The quantitative estimate of drug-likeness (QED) is 0.366. The highest BCUT2D eigenvalue weighted by atomic mass is 19.1. The van der Waals surface area contributed by atoms with Gasteiger partial charge in [-0.2, -0.15) is 0 Å². The molecule has 3 aromatic rings. The number of carbonyl (C=O) groups is 2. The number of nitrogens with zero attached hydrogens (tertiary/aromatic N) is 3. The zero-order chi connectivity index (χ0) is 28.3. The lowest BCUT2D eigenvalue weighted by Gasteiger charge is -2.32. The number of halogens is 1. The molecule has 1 aromatic heterocycles. The van der Waals surface area contributed by atoms with Crippen LogP contribution in [-0.2, 0) is 11.3 Å².